The average molecular weight is 314 g/mol. The van der Waals surface area contributed by atoms with Crippen LogP contribution in [0.1, 0.15) is 16.8 Å². The van der Waals surface area contributed by atoms with Gasteiger partial charge in [0, 0.05) is 16.0 Å². The van der Waals surface area contributed by atoms with Gasteiger partial charge in [-0.15, -0.1) is 5.10 Å². The third-order valence-electron chi connectivity index (χ3n) is 2.37. The number of rotatable bonds is 3. The molecule has 1 heterocycles. The molecule has 0 unspecified atom stereocenters. The molecule has 90 valence electrons. The van der Waals surface area contributed by atoms with E-state index in [1.165, 1.54) is 11.5 Å². The zero-order chi connectivity index (χ0) is 12.4. The minimum Gasteiger partial charge on any atom is -0.487 e. The molecule has 4 nitrogen and oxygen atoms in total. The van der Waals surface area contributed by atoms with Crippen molar-refractivity contribution in [2.24, 2.45) is 0 Å². The standard InChI is InChI=1S/C11H12BrN3OS/c1-6-3-8(4-7(2)10(6)12)16-5-9-11(13)17-15-14-9/h3-4H,5,13H2,1-2H3. The first-order valence-electron chi connectivity index (χ1n) is 5.04. The Morgan fingerprint density at radius 3 is 2.53 bits per heavy atom. The first kappa shape index (κ1) is 12.3. The summed E-state index contributed by atoms with van der Waals surface area (Å²) >= 11 is 4.70. The van der Waals surface area contributed by atoms with E-state index in [0.29, 0.717) is 17.3 Å². The number of nitrogen functional groups attached to an aromatic ring is 1. The molecule has 0 saturated heterocycles. The maximum Gasteiger partial charge on any atom is 0.136 e. The summed E-state index contributed by atoms with van der Waals surface area (Å²) in [4.78, 5) is 0. The Morgan fingerprint density at radius 2 is 2.00 bits per heavy atom. The van der Waals surface area contributed by atoms with Crippen molar-refractivity contribution in [1.29, 1.82) is 0 Å². The number of halogens is 1. The van der Waals surface area contributed by atoms with E-state index >= 15 is 0 Å². The molecule has 0 saturated carbocycles. The summed E-state index contributed by atoms with van der Waals surface area (Å²) in [5.41, 5.74) is 8.67. The Kier molecular flexibility index (Phi) is 3.63. The molecule has 0 radical (unpaired) electrons. The summed E-state index contributed by atoms with van der Waals surface area (Å²) < 4.78 is 10.5. The molecular weight excluding hydrogens is 302 g/mol. The SMILES string of the molecule is Cc1cc(OCc2nnsc2N)cc(C)c1Br. The van der Waals surface area contributed by atoms with Crippen LogP contribution in [0, 0.1) is 13.8 Å². The van der Waals surface area contributed by atoms with Gasteiger partial charge in [-0.3, -0.25) is 0 Å². The maximum atomic E-state index is 5.69. The molecule has 6 heteroatoms. The lowest BCUT2D eigenvalue weighted by Gasteiger charge is -2.09. The molecule has 2 aromatic rings. The summed E-state index contributed by atoms with van der Waals surface area (Å²) in [6.07, 6.45) is 0. The second-order valence-corrected chi connectivity index (χ2v) is 5.32. The molecule has 2 rings (SSSR count). The Morgan fingerprint density at radius 1 is 1.35 bits per heavy atom. The van der Waals surface area contributed by atoms with Crippen molar-refractivity contribution in [1.82, 2.24) is 9.59 Å². The molecule has 0 spiro atoms. The first-order valence-corrected chi connectivity index (χ1v) is 6.61. The Balaban J connectivity index is 2.12. The van der Waals surface area contributed by atoms with E-state index in [-0.39, 0.29) is 0 Å². The highest BCUT2D eigenvalue weighted by molar-refractivity contribution is 9.10. The van der Waals surface area contributed by atoms with E-state index in [9.17, 15) is 0 Å². The molecule has 0 fully saturated rings. The zero-order valence-electron chi connectivity index (χ0n) is 9.53. The number of hydrogen-bond donors (Lipinski definition) is 1. The van der Waals surface area contributed by atoms with Crippen molar-refractivity contribution in [3.8, 4) is 5.75 Å². The number of hydrogen-bond acceptors (Lipinski definition) is 5. The van der Waals surface area contributed by atoms with E-state index in [1.54, 1.807) is 0 Å². The average Bonchev–Trinajstić information content (AvgIpc) is 2.69. The van der Waals surface area contributed by atoms with E-state index < -0.39 is 0 Å². The van der Waals surface area contributed by atoms with Gasteiger partial charge in [-0.25, -0.2) is 0 Å². The van der Waals surface area contributed by atoms with Crippen LogP contribution in [0.15, 0.2) is 16.6 Å². The number of aromatic nitrogens is 2. The van der Waals surface area contributed by atoms with Gasteiger partial charge in [0.05, 0.1) is 0 Å². The fourth-order valence-corrected chi connectivity index (χ4v) is 2.12. The van der Waals surface area contributed by atoms with Crippen LogP contribution in [0.3, 0.4) is 0 Å². The lowest BCUT2D eigenvalue weighted by atomic mass is 10.1. The molecule has 0 bridgehead atoms. The smallest absolute Gasteiger partial charge is 0.136 e. The summed E-state index contributed by atoms with van der Waals surface area (Å²) in [5.74, 6) is 0.815. The maximum absolute atomic E-state index is 5.69. The monoisotopic (exact) mass is 313 g/mol. The van der Waals surface area contributed by atoms with Gasteiger partial charge in [0.1, 0.15) is 23.1 Å². The van der Waals surface area contributed by atoms with Crippen molar-refractivity contribution in [2.45, 2.75) is 20.5 Å². The number of nitrogens with zero attached hydrogens (tertiary/aromatic N) is 2. The van der Waals surface area contributed by atoms with Gasteiger partial charge in [0.25, 0.3) is 0 Å². The lowest BCUT2D eigenvalue weighted by Crippen LogP contribution is -1.99. The predicted molar refractivity (Wildman–Crippen MR) is 72.3 cm³/mol. The number of benzene rings is 1. The van der Waals surface area contributed by atoms with Crippen LogP contribution in [0.2, 0.25) is 0 Å². The summed E-state index contributed by atoms with van der Waals surface area (Å²) in [7, 11) is 0. The van der Waals surface area contributed by atoms with Crippen molar-refractivity contribution in [2.75, 3.05) is 5.73 Å². The van der Waals surface area contributed by atoms with Crippen molar-refractivity contribution < 1.29 is 4.74 Å². The molecule has 0 aliphatic rings. The molecule has 0 atom stereocenters. The van der Waals surface area contributed by atoms with Gasteiger partial charge in [-0.1, -0.05) is 20.4 Å². The van der Waals surface area contributed by atoms with Crippen molar-refractivity contribution in [3.05, 3.63) is 33.4 Å². The highest BCUT2D eigenvalue weighted by atomic mass is 79.9. The molecular formula is C11H12BrN3OS. The number of ether oxygens (including phenoxy) is 1. The number of anilines is 1. The van der Waals surface area contributed by atoms with Gasteiger partial charge < -0.3 is 10.5 Å². The normalized spacial score (nSPS) is 10.5. The quantitative estimate of drug-likeness (QED) is 0.946. The van der Waals surface area contributed by atoms with Crippen LogP contribution >= 0.6 is 27.5 Å². The minimum atomic E-state index is 0.350. The molecule has 0 amide bonds. The van der Waals surface area contributed by atoms with Gasteiger partial charge >= 0.3 is 0 Å². The third-order valence-corrected chi connectivity index (χ3v) is 4.22. The van der Waals surface area contributed by atoms with Gasteiger partial charge in [-0.05, 0) is 37.1 Å². The zero-order valence-corrected chi connectivity index (χ0v) is 11.9. The van der Waals surface area contributed by atoms with Crippen LogP contribution in [0.5, 0.6) is 5.75 Å². The Labute approximate surface area is 112 Å². The van der Waals surface area contributed by atoms with E-state index in [2.05, 4.69) is 25.5 Å². The summed E-state index contributed by atoms with van der Waals surface area (Å²) in [6.45, 7) is 4.41. The van der Waals surface area contributed by atoms with Gasteiger partial charge in [0.15, 0.2) is 0 Å². The number of nitrogens with two attached hydrogens (primary N) is 1. The van der Waals surface area contributed by atoms with Crippen LogP contribution in [0.4, 0.5) is 5.00 Å². The van der Waals surface area contributed by atoms with Crippen LogP contribution in [-0.4, -0.2) is 9.59 Å². The molecule has 0 aliphatic heterocycles. The second-order valence-electron chi connectivity index (χ2n) is 3.74. The van der Waals surface area contributed by atoms with Crippen LogP contribution in [-0.2, 0) is 6.61 Å². The van der Waals surface area contributed by atoms with Crippen LogP contribution in [0.25, 0.3) is 0 Å². The molecule has 2 N–H and O–H groups in total. The highest BCUT2D eigenvalue weighted by Crippen LogP contribution is 2.27. The fourth-order valence-electron chi connectivity index (χ4n) is 1.46. The molecule has 1 aromatic heterocycles. The molecule has 1 aromatic carbocycles. The van der Waals surface area contributed by atoms with E-state index in [1.807, 2.05) is 26.0 Å². The van der Waals surface area contributed by atoms with E-state index in [4.69, 9.17) is 10.5 Å². The molecule has 17 heavy (non-hydrogen) atoms. The highest BCUT2D eigenvalue weighted by Gasteiger charge is 2.07. The van der Waals surface area contributed by atoms with Crippen molar-refractivity contribution >= 4 is 32.5 Å². The number of aryl methyl sites for hydroxylation is 2. The largest absolute Gasteiger partial charge is 0.487 e. The third kappa shape index (κ3) is 2.76. The Bertz CT molecular complexity index is 518. The van der Waals surface area contributed by atoms with Crippen molar-refractivity contribution in [3.63, 3.8) is 0 Å². The predicted octanol–water partition coefficient (Wildman–Crippen LogP) is 3.08. The fraction of sp³-hybridized carbons (Fsp3) is 0.273. The molecule has 0 aliphatic carbocycles. The first-order chi connectivity index (χ1) is 8.08. The van der Waals surface area contributed by atoms with Gasteiger partial charge in [-0.2, -0.15) is 0 Å². The lowest BCUT2D eigenvalue weighted by molar-refractivity contribution is 0.301. The van der Waals surface area contributed by atoms with E-state index in [0.717, 1.165) is 21.3 Å². The Hall–Kier alpha value is -1.14. The second kappa shape index (κ2) is 5.01. The summed E-state index contributed by atoms with van der Waals surface area (Å²) in [6, 6.07) is 3.96. The van der Waals surface area contributed by atoms with Gasteiger partial charge in [0.2, 0.25) is 0 Å². The van der Waals surface area contributed by atoms with Crippen LogP contribution < -0.4 is 10.5 Å². The minimum absolute atomic E-state index is 0.350. The topological polar surface area (TPSA) is 61.0 Å². The summed E-state index contributed by atoms with van der Waals surface area (Å²) in [5, 5.41) is 4.51.